The molecule has 2 aromatic carbocycles. The molecular formula is C16H17FN2O2. The number of para-hydroxylation sites is 1. The van der Waals surface area contributed by atoms with Gasteiger partial charge < -0.3 is 15.8 Å². The van der Waals surface area contributed by atoms with Gasteiger partial charge in [0.15, 0.2) is 0 Å². The van der Waals surface area contributed by atoms with E-state index in [0.29, 0.717) is 17.9 Å². The second-order valence-electron chi connectivity index (χ2n) is 4.62. The highest BCUT2D eigenvalue weighted by molar-refractivity contribution is 5.95. The molecule has 0 saturated carbocycles. The fraction of sp³-hybridized carbons (Fsp3) is 0.188. The van der Waals surface area contributed by atoms with Gasteiger partial charge in [-0.15, -0.1) is 0 Å². The highest BCUT2D eigenvalue weighted by Crippen LogP contribution is 2.16. The van der Waals surface area contributed by atoms with Crippen molar-refractivity contribution in [1.29, 1.82) is 0 Å². The van der Waals surface area contributed by atoms with Crippen LogP contribution in [0.1, 0.15) is 15.9 Å². The van der Waals surface area contributed by atoms with Crippen LogP contribution in [0, 0.1) is 12.7 Å². The first-order valence-corrected chi connectivity index (χ1v) is 6.59. The third kappa shape index (κ3) is 3.95. The van der Waals surface area contributed by atoms with Gasteiger partial charge in [0, 0.05) is 5.69 Å². The average Bonchev–Trinajstić information content (AvgIpc) is 2.48. The lowest BCUT2D eigenvalue weighted by atomic mass is 10.1. The maximum Gasteiger partial charge on any atom is 0.254 e. The van der Waals surface area contributed by atoms with Gasteiger partial charge in [-0.3, -0.25) is 4.79 Å². The van der Waals surface area contributed by atoms with Crippen LogP contribution in [-0.2, 0) is 0 Å². The Kier molecular flexibility index (Phi) is 4.77. The Balaban J connectivity index is 1.88. The van der Waals surface area contributed by atoms with Crippen molar-refractivity contribution in [3.63, 3.8) is 0 Å². The Morgan fingerprint density at radius 2 is 2.00 bits per heavy atom. The number of nitrogen functional groups attached to an aromatic ring is 1. The van der Waals surface area contributed by atoms with Crippen molar-refractivity contribution in [2.45, 2.75) is 6.92 Å². The van der Waals surface area contributed by atoms with Crippen LogP contribution < -0.4 is 15.8 Å². The van der Waals surface area contributed by atoms with Crippen LogP contribution in [0.3, 0.4) is 0 Å². The zero-order valence-corrected chi connectivity index (χ0v) is 11.7. The Morgan fingerprint density at radius 1 is 1.29 bits per heavy atom. The van der Waals surface area contributed by atoms with Gasteiger partial charge in [0.2, 0.25) is 0 Å². The van der Waals surface area contributed by atoms with Gasteiger partial charge in [-0.05, 0) is 36.8 Å². The van der Waals surface area contributed by atoms with Crippen LogP contribution in [0.4, 0.5) is 10.1 Å². The first-order chi connectivity index (χ1) is 10.1. The molecule has 21 heavy (non-hydrogen) atoms. The zero-order chi connectivity index (χ0) is 15.2. The molecule has 110 valence electrons. The Morgan fingerprint density at radius 3 is 2.71 bits per heavy atom. The van der Waals surface area contributed by atoms with E-state index in [2.05, 4.69) is 5.32 Å². The average molecular weight is 288 g/mol. The number of benzene rings is 2. The number of halogens is 1. The summed E-state index contributed by atoms with van der Waals surface area (Å²) in [5.74, 6) is -0.331. The third-order valence-corrected chi connectivity index (χ3v) is 2.92. The molecule has 0 aromatic heterocycles. The highest BCUT2D eigenvalue weighted by atomic mass is 19.1. The smallest absolute Gasteiger partial charge is 0.254 e. The fourth-order valence-corrected chi connectivity index (χ4v) is 1.91. The molecule has 0 aliphatic heterocycles. The van der Waals surface area contributed by atoms with Crippen LogP contribution in [0.15, 0.2) is 42.5 Å². The number of ether oxygens (including phenoxy) is 1. The van der Waals surface area contributed by atoms with Crippen molar-refractivity contribution >= 4 is 11.6 Å². The molecule has 0 aliphatic rings. The highest BCUT2D eigenvalue weighted by Gasteiger charge is 2.14. The predicted octanol–water partition coefficient (Wildman–Crippen LogP) is 2.53. The summed E-state index contributed by atoms with van der Waals surface area (Å²) >= 11 is 0. The summed E-state index contributed by atoms with van der Waals surface area (Å²) in [6.45, 7) is 2.15. The summed E-state index contributed by atoms with van der Waals surface area (Å²) in [6, 6.07) is 12.1. The third-order valence-electron chi connectivity index (χ3n) is 2.92. The van der Waals surface area contributed by atoms with Crippen LogP contribution in [-0.4, -0.2) is 19.1 Å². The number of carbonyl (C=O) groups is 1. The van der Waals surface area contributed by atoms with E-state index in [1.807, 2.05) is 30.3 Å². The van der Waals surface area contributed by atoms with Gasteiger partial charge in [0.05, 0.1) is 12.1 Å². The SMILES string of the molecule is Cc1cc(N)cc(C(=O)NCCOc2ccccc2)c1F. The van der Waals surface area contributed by atoms with Crippen molar-refractivity contribution < 1.29 is 13.9 Å². The summed E-state index contributed by atoms with van der Waals surface area (Å²) in [4.78, 5) is 11.9. The van der Waals surface area contributed by atoms with E-state index in [9.17, 15) is 9.18 Å². The van der Waals surface area contributed by atoms with Gasteiger partial charge in [-0.1, -0.05) is 18.2 Å². The first-order valence-electron chi connectivity index (χ1n) is 6.59. The lowest BCUT2D eigenvalue weighted by Crippen LogP contribution is -2.29. The van der Waals surface area contributed by atoms with Gasteiger partial charge in [-0.25, -0.2) is 4.39 Å². The molecule has 4 nitrogen and oxygen atoms in total. The normalized spacial score (nSPS) is 10.2. The maximum absolute atomic E-state index is 13.9. The summed E-state index contributed by atoms with van der Waals surface area (Å²) < 4.78 is 19.3. The number of anilines is 1. The molecule has 2 rings (SSSR count). The van der Waals surface area contributed by atoms with Crippen molar-refractivity contribution in [3.05, 3.63) is 59.4 Å². The molecule has 0 saturated heterocycles. The van der Waals surface area contributed by atoms with E-state index in [4.69, 9.17) is 10.5 Å². The van der Waals surface area contributed by atoms with E-state index in [1.165, 1.54) is 12.1 Å². The number of amides is 1. The molecule has 0 aliphatic carbocycles. The summed E-state index contributed by atoms with van der Waals surface area (Å²) in [6.07, 6.45) is 0. The summed E-state index contributed by atoms with van der Waals surface area (Å²) in [5, 5.41) is 2.60. The van der Waals surface area contributed by atoms with Crippen LogP contribution in [0.25, 0.3) is 0 Å². The number of carbonyl (C=O) groups excluding carboxylic acids is 1. The Bertz CT molecular complexity index is 630. The minimum atomic E-state index is -0.550. The molecular weight excluding hydrogens is 271 g/mol. The summed E-state index contributed by atoms with van der Waals surface area (Å²) in [5.41, 5.74) is 6.29. The van der Waals surface area contributed by atoms with Gasteiger partial charge in [-0.2, -0.15) is 0 Å². The topological polar surface area (TPSA) is 64.4 Å². The predicted molar refractivity (Wildman–Crippen MR) is 79.8 cm³/mol. The minimum absolute atomic E-state index is 0.0489. The van der Waals surface area contributed by atoms with Gasteiger partial charge in [0.1, 0.15) is 18.2 Å². The van der Waals surface area contributed by atoms with E-state index >= 15 is 0 Å². The number of hydrogen-bond donors (Lipinski definition) is 2. The molecule has 0 heterocycles. The second-order valence-corrected chi connectivity index (χ2v) is 4.62. The van der Waals surface area contributed by atoms with Crippen LogP contribution in [0.2, 0.25) is 0 Å². The van der Waals surface area contributed by atoms with Crippen LogP contribution >= 0.6 is 0 Å². The zero-order valence-electron chi connectivity index (χ0n) is 11.7. The van der Waals surface area contributed by atoms with Gasteiger partial charge >= 0.3 is 0 Å². The molecule has 2 aromatic rings. The maximum atomic E-state index is 13.9. The molecule has 0 bridgehead atoms. The van der Waals surface area contributed by atoms with Gasteiger partial charge in [0.25, 0.3) is 5.91 Å². The van der Waals surface area contributed by atoms with Crippen molar-refractivity contribution in [2.75, 3.05) is 18.9 Å². The van der Waals surface area contributed by atoms with E-state index in [-0.39, 0.29) is 12.1 Å². The first kappa shape index (κ1) is 14.8. The number of nitrogens with two attached hydrogens (primary N) is 1. The molecule has 3 N–H and O–H groups in total. The van der Waals surface area contributed by atoms with Crippen molar-refractivity contribution in [3.8, 4) is 5.75 Å². The molecule has 1 amide bonds. The number of hydrogen-bond acceptors (Lipinski definition) is 3. The Hall–Kier alpha value is -2.56. The molecule has 0 unspecified atom stereocenters. The van der Waals surface area contributed by atoms with Crippen molar-refractivity contribution in [1.82, 2.24) is 5.32 Å². The fourth-order valence-electron chi connectivity index (χ4n) is 1.91. The summed E-state index contributed by atoms with van der Waals surface area (Å²) in [7, 11) is 0. The molecule has 0 atom stereocenters. The second kappa shape index (κ2) is 6.74. The van der Waals surface area contributed by atoms with Crippen molar-refractivity contribution in [2.24, 2.45) is 0 Å². The van der Waals surface area contributed by atoms with Crippen LogP contribution in [0.5, 0.6) is 5.75 Å². The minimum Gasteiger partial charge on any atom is -0.492 e. The molecule has 0 spiro atoms. The molecule has 0 radical (unpaired) electrons. The quantitative estimate of drug-likeness (QED) is 0.656. The lowest BCUT2D eigenvalue weighted by molar-refractivity contribution is 0.0943. The standard InChI is InChI=1S/C16H17FN2O2/c1-11-9-12(18)10-14(15(11)17)16(20)19-7-8-21-13-5-3-2-4-6-13/h2-6,9-10H,7-8,18H2,1H3,(H,19,20). The molecule has 5 heteroatoms. The molecule has 0 fully saturated rings. The largest absolute Gasteiger partial charge is 0.492 e. The van der Waals surface area contributed by atoms with E-state index < -0.39 is 11.7 Å². The van der Waals surface area contributed by atoms with E-state index in [0.717, 1.165) is 5.75 Å². The number of nitrogens with one attached hydrogen (secondary N) is 1. The monoisotopic (exact) mass is 288 g/mol. The van der Waals surface area contributed by atoms with E-state index in [1.54, 1.807) is 6.92 Å². The number of rotatable bonds is 5. The number of aryl methyl sites for hydroxylation is 1. The lowest BCUT2D eigenvalue weighted by Gasteiger charge is -2.09. The Labute approximate surface area is 122 Å².